The number of allylic oxidation sites excluding steroid dienone is 1. The molecule has 2 heterocycles. The van der Waals surface area contributed by atoms with Gasteiger partial charge in [0.25, 0.3) is 0 Å². The minimum absolute atomic E-state index is 0.229. The third-order valence-electron chi connectivity index (χ3n) is 4.55. The first-order valence-electron chi connectivity index (χ1n) is 9.30. The Morgan fingerprint density at radius 1 is 0.733 bits per heavy atom. The summed E-state index contributed by atoms with van der Waals surface area (Å²) in [6.07, 6.45) is 1.06. The van der Waals surface area contributed by atoms with Crippen molar-refractivity contribution in [2.45, 2.75) is 0 Å². The van der Waals surface area contributed by atoms with Gasteiger partial charge in [-0.3, -0.25) is 4.79 Å². The van der Waals surface area contributed by atoms with Gasteiger partial charge in [-0.2, -0.15) is 0 Å². The van der Waals surface area contributed by atoms with Crippen molar-refractivity contribution in [3.63, 3.8) is 0 Å². The smallest absolute Gasteiger partial charge is 0.503 e. The van der Waals surface area contributed by atoms with Gasteiger partial charge in [-0.1, -0.05) is 60.7 Å². The molecule has 0 radical (unpaired) electrons. The molecule has 0 fully saturated rings. The molecular weight excluding hydrogens is 385 g/mol. The van der Waals surface area contributed by atoms with E-state index >= 15 is 0 Å². The SMILES string of the molecule is O=C(/C=C(\OB(F)F)c1ccc(-c2ccccc2)[nH]1)c1ccc(-c2ccccc2)[nH]1. The Bertz CT molecular complexity index is 1170. The first-order valence-corrected chi connectivity index (χ1v) is 9.30. The van der Waals surface area contributed by atoms with E-state index in [4.69, 9.17) is 0 Å². The van der Waals surface area contributed by atoms with Crippen LogP contribution in [0.3, 0.4) is 0 Å². The maximum absolute atomic E-state index is 13.0. The predicted molar refractivity (Wildman–Crippen MR) is 114 cm³/mol. The lowest BCUT2D eigenvalue weighted by atomic mass is 10.2. The molecule has 30 heavy (non-hydrogen) atoms. The average molecular weight is 402 g/mol. The topological polar surface area (TPSA) is 57.9 Å². The first kappa shape index (κ1) is 19.5. The standard InChI is InChI=1S/C23H17BF2N2O2/c25-24(26)30-23(21-14-12-19(28-21)17-9-5-2-6-10-17)15-22(29)20-13-11-18(27-20)16-7-3-1-4-8-16/h1-15,27-28H/b23-15-. The van der Waals surface area contributed by atoms with Gasteiger partial charge in [0.15, 0.2) is 0 Å². The number of benzene rings is 2. The monoisotopic (exact) mass is 402 g/mol. The molecule has 0 bridgehead atoms. The zero-order valence-corrected chi connectivity index (χ0v) is 15.8. The van der Waals surface area contributed by atoms with Crippen molar-refractivity contribution < 1.29 is 18.1 Å². The normalized spacial score (nSPS) is 11.3. The summed E-state index contributed by atoms with van der Waals surface area (Å²) in [5, 5.41) is 0. The highest BCUT2D eigenvalue weighted by molar-refractivity contribution is 6.36. The van der Waals surface area contributed by atoms with Crippen LogP contribution in [-0.4, -0.2) is 23.2 Å². The second-order valence-electron chi connectivity index (χ2n) is 6.55. The molecule has 0 aliphatic heterocycles. The quantitative estimate of drug-likeness (QED) is 0.177. The Morgan fingerprint density at radius 3 is 1.77 bits per heavy atom. The number of hydrogen-bond donors (Lipinski definition) is 2. The van der Waals surface area contributed by atoms with E-state index in [1.165, 1.54) is 0 Å². The van der Waals surface area contributed by atoms with Crippen LogP contribution in [0, 0.1) is 0 Å². The number of hydrogen-bond acceptors (Lipinski definition) is 2. The zero-order valence-electron chi connectivity index (χ0n) is 15.8. The lowest BCUT2D eigenvalue weighted by Gasteiger charge is -2.06. The summed E-state index contributed by atoms with van der Waals surface area (Å²) in [7, 11) is -3.06. The van der Waals surface area contributed by atoms with Crippen LogP contribution in [-0.2, 0) is 4.65 Å². The minimum Gasteiger partial charge on any atom is -0.503 e. The molecule has 0 spiro atoms. The maximum Gasteiger partial charge on any atom is 0.796 e. The molecule has 0 atom stereocenters. The average Bonchev–Trinajstić information content (AvgIpc) is 3.45. The number of H-pyrrole nitrogens is 2. The molecule has 4 nitrogen and oxygen atoms in total. The van der Waals surface area contributed by atoms with Crippen molar-refractivity contribution in [3.8, 4) is 22.5 Å². The van der Waals surface area contributed by atoms with Crippen LogP contribution in [0.2, 0.25) is 0 Å². The van der Waals surface area contributed by atoms with Crippen LogP contribution >= 0.6 is 0 Å². The molecule has 2 N–H and O–H groups in total. The molecule has 148 valence electrons. The minimum atomic E-state index is -3.06. The fourth-order valence-corrected chi connectivity index (χ4v) is 3.12. The molecule has 7 heteroatoms. The Hall–Kier alpha value is -3.87. The van der Waals surface area contributed by atoms with Crippen molar-refractivity contribution in [2.75, 3.05) is 0 Å². The molecule has 2 aromatic heterocycles. The predicted octanol–water partition coefficient (Wildman–Crippen LogP) is 5.84. The summed E-state index contributed by atoms with van der Waals surface area (Å²) in [5.74, 6) is -0.697. The Morgan fingerprint density at radius 2 is 1.23 bits per heavy atom. The summed E-state index contributed by atoms with van der Waals surface area (Å²) in [6, 6.07) is 25.7. The van der Waals surface area contributed by atoms with Crippen LogP contribution in [0.4, 0.5) is 8.63 Å². The van der Waals surface area contributed by atoms with Gasteiger partial charge in [-0.15, -0.1) is 0 Å². The van der Waals surface area contributed by atoms with E-state index in [1.807, 2.05) is 60.7 Å². The van der Waals surface area contributed by atoms with Gasteiger partial charge in [0, 0.05) is 17.5 Å². The number of nitrogens with one attached hydrogen (secondary N) is 2. The van der Waals surface area contributed by atoms with E-state index in [-0.39, 0.29) is 17.1 Å². The zero-order chi connectivity index (χ0) is 20.9. The number of halogens is 2. The summed E-state index contributed by atoms with van der Waals surface area (Å²) in [5.41, 5.74) is 3.86. The third kappa shape index (κ3) is 4.41. The van der Waals surface area contributed by atoms with E-state index < -0.39 is 13.3 Å². The molecular formula is C23H17BF2N2O2. The number of carbonyl (C=O) groups is 1. The molecule has 0 saturated heterocycles. The van der Waals surface area contributed by atoms with Crippen LogP contribution in [0.5, 0.6) is 0 Å². The number of rotatable bonds is 7. The second kappa shape index (κ2) is 8.65. The van der Waals surface area contributed by atoms with Gasteiger partial charge in [0.1, 0.15) is 5.76 Å². The van der Waals surface area contributed by atoms with Crippen molar-refractivity contribution >= 4 is 19.0 Å². The Labute approximate surface area is 172 Å². The van der Waals surface area contributed by atoms with E-state index in [2.05, 4.69) is 14.6 Å². The summed E-state index contributed by atoms with van der Waals surface area (Å²) < 4.78 is 30.6. The van der Waals surface area contributed by atoms with Gasteiger partial charge in [-0.25, -0.2) is 8.63 Å². The highest BCUT2D eigenvalue weighted by Crippen LogP contribution is 2.24. The van der Waals surface area contributed by atoms with Crippen LogP contribution in [0.1, 0.15) is 16.2 Å². The van der Waals surface area contributed by atoms with E-state index in [0.717, 1.165) is 28.6 Å². The van der Waals surface area contributed by atoms with Gasteiger partial charge < -0.3 is 14.6 Å². The molecule has 0 aliphatic rings. The van der Waals surface area contributed by atoms with Crippen LogP contribution < -0.4 is 0 Å². The lowest BCUT2D eigenvalue weighted by molar-refractivity contribution is 0.104. The highest BCUT2D eigenvalue weighted by atomic mass is 19.2. The van der Waals surface area contributed by atoms with Crippen molar-refractivity contribution in [2.24, 2.45) is 0 Å². The number of aromatic nitrogens is 2. The molecule has 0 saturated carbocycles. The molecule has 0 aliphatic carbocycles. The van der Waals surface area contributed by atoms with Crippen LogP contribution in [0.15, 0.2) is 91.0 Å². The Balaban J connectivity index is 1.62. The number of aromatic amines is 2. The molecule has 4 rings (SSSR count). The molecule has 0 amide bonds. The van der Waals surface area contributed by atoms with Crippen LogP contribution in [0.25, 0.3) is 28.3 Å². The van der Waals surface area contributed by atoms with Gasteiger partial charge in [-0.05, 0) is 35.4 Å². The summed E-state index contributed by atoms with van der Waals surface area (Å²) in [4.78, 5) is 18.7. The fourth-order valence-electron chi connectivity index (χ4n) is 3.12. The van der Waals surface area contributed by atoms with Gasteiger partial charge in [0.2, 0.25) is 5.78 Å². The summed E-state index contributed by atoms with van der Waals surface area (Å²) >= 11 is 0. The largest absolute Gasteiger partial charge is 0.796 e. The van der Waals surface area contributed by atoms with Crippen molar-refractivity contribution in [3.05, 3.63) is 102 Å². The molecule has 0 unspecified atom stereocenters. The fraction of sp³-hybridized carbons (Fsp3) is 0. The van der Waals surface area contributed by atoms with E-state index in [9.17, 15) is 13.4 Å². The van der Waals surface area contributed by atoms with Crippen molar-refractivity contribution in [1.82, 2.24) is 9.97 Å². The van der Waals surface area contributed by atoms with E-state index in [1.54, 1.807) is 24.3 Å². The Kier molecular flexibility index (Phi) is 5.61. The number of carbonyl (C=O) groups excluding carboxylic acids is 1. The first-order chi connectivity index (χ1) is 14.6. The van der Waals surface area contributed by atoms with E-state index in [0.29, 0.717) is 0 Å². The second-order valence-corrected chi connectivity index (χ2v) is 6.55. The highest BCUT2D eigenvalue weighted by Gasteiger charge is 2.22. The lowest BCUT2D eigenvalue weighted by Crippen LogP contribution is -2.07. The number of ketones is 1. The maximum atomic E-state index is 13.0. The van der Waals surface area contributed by atoms with Gasteiger partial charge >= 0.3 is 7.47 Å². The molecule has 4 aromatic rings. The van der Waals surface area contributed by atoms with Crippen molar-refractivity contribution in [1.29, 1.82) is 0 Å². The third-order valence-corrected chi connectivity index (χ3v) is 4.55. The summed E-state index contributed by atoms with van der Waals surface area (Å²) in [6.45, 7) is 0. The molecule has 2 aromatic carbocycles. The van der Waals surface area contributed by atoms with Gasteiger partial charge in [0.05, 0.1) is 11.4 Å².